The van der Waals surface area contributed by atoms with E-state index in [1.54, 1.807) is 24.3 Å². The van der Waals surface area contributed by atoms with Gasteiger partial charge in [-0.3, -0.25) is 0 Å². The first-order valence-electron chi connectivity index (χ1n) is 9.90. The monoisotopic (exact) mass is 406 g/mol. The van der Waals surface area contributed by atoms with Gasteiger partial charge in [0.2, 0.25) is 0 Å². The van der Waals surface area contributed by atoms with Gasteiger partial charge in [0.05, 0.1) is 32.0 Å². The Morgan fingerprint density at radius 2 is 1.17 bits per heavy atom. The summed E-state index contributed by atoms with van der Waals surface area (Å²) in [7, 11) is 0. The van der Waals surface area contributed by atoms with Crippen LogP contribution >= 0.6 is 0 Å². The Kier molecular flexibility index (Phi) is 8.60. The minimum atomic E-state index is -1.02. The van der Waals surface area contributed by atoms with E-state index >= 15 is 0 Å². The highest BCUT2D eigenvalue weighted by atomic mass is 16.6. The van der Waals surface area contributed by atoms with Crippen LogP contribution in [0, 0.1) is 0 Å². The number of rotatable bonds is 11. The molecular weight excluding hydrogens is 380 g/mol. The number of aliphatic hydroxyl groups excluding tert-OH is 1. The van der Waals surface area contributed by atoms with Gasteiger partial charge in [-0.15, -0.1) is 0 Å². The molecule has 5 heteroatoms. The molecule has 0 aliphatic heterocycles. The second-order valence-corrected chi connectivity index (χ2v) is 6.88. The van der Waals surface area contributed by atoms with Gasteiger partial charge in [-0.2, -0.15) is 0 Å². The van der Waals surface area contributed by atoms with Gasteiger partial charge in [0.15, 0.2) is 6.10 Å². The topological polar surface area (TPSA) is 65.0 Å². The average molecular weight is 406 g/mol. The Morgan fingerprint density at radius 1 is 0.700 bits per heavy atom. The molecular formula is C25H26O5. The number of esters is 1. The van der Waals surface area contributed by atoms with Crippen LogP contribution in [0.3, 0.4) is 0 Å². The molecule has 30 heavy (non-hydrogen) atoms. The molecule has 0 unspecified atom stereocenters. The smallest absolute Gasteiger partial charge is 0.338 e. The quantitative estimate of drug-likeness (QED) is 0.488. The third-order valence-corrected chi connectivity index (χ3v) is 4.49. The average Bonchev–Trinajstić information content (AvgIpc) is 2.80. The lowest BCUT2D eigenvalue weighted by Crippen LogP contribution is -2.38. The molecule has 5 nitrogen and oxygen atoms in total. The van der Waals surface area contributed by atoms with E-state index in [4.69, 9.17) is 14.2 Å². The van der Waals surface area contributed by atoms with Crippen LogP contribution in [0.25, 0.3) is 0 Å². The lowest BCUT2D eigenvalue weighted by molar-refractivity contribution is -0.0854. The van der Waals surface area contributed by atoms with Crippen LogP contribution in [0.4, 0.5) is 0 Å². The molecule has 0 bridgehead atoms. The summed E-state index contributed by atoms with van der Waals surface area (Å²) in [6.07, 6.45) is -1.87. The van der Waals surface area contributed by atoms with Gasteiger partial charge in [-0.05, 0) is 23.3 Å². The minimum absolute atomic E-state index is 0.0241. The summed E-state index contributed by atoms with van der Waals surface area (Å²) in [5.74, 6) is -0.508. The molecule has 156 valence electrons. The predicted octanol–water partition coefficient (Wildman–Crippen LogP) is 4.01. The van der Waals surface area contributed by atoms with Crippen molar-refractivity contribution in [3.63, 3.8) is 0 Å². The van der Waals surface area contributed by atoms with Crippen LogP contribution in [-0.4, -0.2) is 36.5 Å². The molecule has 0 amide bonds. The lowest BCUT2D eigenvalue weighted by Gasteiger charge is -2.23. The Bertz CT molecular complexity index is 868. The predicted molar refractivity (Wildman–Crippen MR) is 114 cm³/mol. The van der Waals surface area contributed by atoms with Crippen LogP contribution in [0.5, 0.6) is 0 Å². The third-order valence-electron chi connectivity index (χ3n) is 4.49. The molecule has 2 atom stereocenters. The molecule has 3 aromatic rings. The van der Waals surface area contributed by atoms with Gasteiger partial charge >= 0.3 is 5.97 Å². The van der Waals surface area contributed by atoms with Crippen molar-refractivity contribution in [1.82, 2.24) is 0 Å². The van der Waals surface area contributed by atoms with Gasteiger partial charge in [0.1, 0.15) is 6.10 Å². The zero-order valence-electron chi connectivity index (χ0n) is 16.7. The van der Waals surface area contributed by atoms with E-state index in [1.165, 1.54) is 0 Å². The molecule has 0 heterocycles. The summed E-state index contributed by atoms with van der Waals surface area (Å²) in [6, 6.07) is 28.1. The zero-order chi connectivity index (χ0) is 21.0. The highest BCUT2D eigenvalue weighted by molar-refractivity contribution is 5.89. The highest BCUT2D eigenvalue weighted by Crippen LogP contribution is 2.11. The number of hydrogen-bond acceptors (Lipinski definition) is 5. The van der Waals surface area contributed by atoms with Crippen molar-refractivity contribution in [3.8, 4) is 0 Å². The fraction of sp³-hybridized carbons (Fsp3) is 0.240. The van der Waals surface area contributed by atoms with Crippen molar-refractivity contribution in [3.05, 3.63) is 108 Å². The molecule has 0 saturated heterocycles. The number of ether oxygens (including phenoxy) is 3. The van der Waals surface area contributed by atoms with E-state index in [0.717, 1.165) is 11.1 Å². The molecule has 0 fully saturated rings. The summed E-state index contributed by atoms with van der Waals surface area (Å²) in [5.41, 5.74) is 2.42. The first kappa shape index (κ1) is 21.7. The second kappa shape index (κ2) is 11.9. The third kappa shape index (κ3) is 7.12. The Balaban J connectivity index is 1.56. The van der Waals surface area contributed by atoms with E-state index in [-0.39, 0.29) is 13.2 Å². The fourth-order valence-corrected chi connectivity index (χ4v) is 2.85. The van der Waals surface area contributed by atoms with Gasteiger partial charge in [-0.1, -0.05) is 78.9 Å². The molecule has 0 spiro atoms. The van der Waals surface area contributed by atoms with Crippen molar-refractivity contribution in [1.29, 1.82) is 0 Å². The molecule has 1 N–H and O–H groups in total. The van der Waals surface area contributed by atoms with Gasteiger partial charge in [-0.25, -0.2) is 4.79 Å². The van der Waals surface area contributed by atoms with Crippen molar-refractivity contribution < 1.29 is 24.1 Å². The van der Waals surface area contributed by atoms with Crippen molar-refractivity contribution in [2.45, 2.75) is 25.4 Å². The van der Waals surface area contributed by atoms with Crippen LogP contribution < -0.4 is 0 Å². The molecule has 0 radical (unpaired) electrons. The number of carbonyl (C=O) groups is 1. The van der Waals surface area contributed by atoms with Crippen molar-refractivity contribution >= 4 is 5.97 Å². The number of hydrogen-bond donors (Lipinski definition) is 1. The molecule has 0 saturated carbocycles. The summed E-state index contributed by atoms with van der Waals surface area (Å²) in [6.45, 7) is 0.805. The van der Waals surface area contributed by atoms with Crippen molar-refractivity contribution in [2.75, 3.05) is 13.2 Å². The van der Waals surface area contributed by atoms with Crippen LogP contribution in [0.2, 0.25) is 0 Å². The highest BCUT2D eigenvalue weighted by Gasteiger charge is 2.25. The van der Waals surface area contributed by atoms with Crippen molar-refractivity contribution in [2.24, 2.45) is 0 Å². The van der Waals surface area contributed by atoms with Gasteiger partial charge < -0.3 is 19.3 Å². The molecule has 3 rings (SSSR count). The maximum Gasteiger partial charge on any atom is 0.338 e. The minimum Gasteiger partial charge on any atom is -0.453 e. The SMILES string of the molecule is O=C(O[C@@H](COCc1ccccc1)[C@H](O)COCc1ccccc1)c1ccccc1. The first-order chi connectivity index (χ1) is 14.7. The standard InChI is InChI=1S/C25H26O5/c26-23(18-28-16-20-10-4-1-5-11-20)24(19-29-17-21-12-6-2-7-13-21)30-25(27)22-14-8-3-9-15-22/h1-15,23-24,26H,16-19H2/t23-,24+/m1/s1. The van der Waals surface area contributed by atoms with Gasteiger partial charge in [0.25, 0.3) is 0 Å². The zero-order valence-corrected chi connectivity index (χ0v) is 16.7. The van der Waals surface area contributed by atoms with E-state index < -0.39 is 18.2 Å². The summed E-state index contributed by atoms with van der Waals surface area (Å²) < 4.78 is 16.9. The van der Waals surface area contributed by atoms with Crippen LogP contribution in [-0.2, 0) is 27.4 Å². The Labute approximate surface area is 176 Å². The van der Waals surface area contributed by atoms with E-state index in [1.807, 2.05) is 66.7 Å². The maximum absolute atomic E-state index is 12.5. The second-order valence-electron chi connectivity index (χ2n) is 6.88. The fourth-order valence-electron chi connectivity index (χ4n) is 2.85. The Morgan fingerprint density at radius 3 is 1.70 bits per heavy atom. The maximum atomic E-state index is 12.5. The number of carbonyl (C=O) groups excluding carboxylic acids is 1. The summed E-state index contributed by atoms with van der Waals surface area (Å²) >= 11 is 0. The lowest BCUT2D eigenvalue weighted by atomic mass is 10.2. The summed E-state index contributed by atoms with van der Waals surface area (Å²) in [4.78, 5) is 12.5. The molecule has 0 aromatic heterocycles. The number of benzene rings is 3. The van der Waals surface area contributed by atoms with Crippen LogP contribution in [0.15, 0.2) is 91.0 Å². The Hall–Kier alpha value is -2.99. The molecule has 0 aliphatic carbocycles. The normalized spacial score (nSPS) is 12.8. The largest absolute Gasteiger partial charge is 0.453 e. The summed E-state index contributed by atoms with van der Waals surface area (Å²) in [5, 5.41) is 10.6. The number of aliphatic hydroxyl groups is 1. The van der Waals surface area contributed by atoms with E-state index in [0.29, 0.717) is 18.8 Å². The first-order valence-corrected chi connectivity index (χ1v) is 9.90. The van der Waals surface area contributed by atoms with Crippen LogP contribution in [0.1, 0.15) is 21.5 Å². The van der Waals surface area contributed by atoms with Gasteiger partial charge in [0, 0.05) is 0 Å². The molecule has 0 aliphatic rings. The molecule has 3 aromatic carbocycles. The van der Waals surface area contributed by atoms with E-state index in [2.05, 4.69) is 0 Å². The van der Waals surface area contributed by atoms with E-state index in [9.17, 15) is 9.90 Å².